The van der Waals surface area contributed by atoms with Crippen LogP contribution in [-0.4, -0.2) is 75.8 Å². The van der Waals surface area contributed by atoms with E-state index < -0.39 is 34.7 Å². The van der Waals surface area contributed by atoms with Crippen molar-refractivity contribution in [3.63, 3.8) is 0 Å². The predicted molar refractivity (Wildman–Crippen MR) is 163 cm³/mol. The normalized spacial score (nSPS) is 18.8. The van der Waals surface area contributed by atoms with Crippen LogP contribution in [0.5, 0.6) is 0 Å². The van der Waals surface area contributed by atoms with Gasteiger partial charge in [0.1, 0.15) is 11.4 Å². The molecule has 3 aliphatic heterocycles. The maximum Gasteiger partial charge on any atom is 0.289 e. The number of carbonyl (C=O) groups excluding carboxylic acids is 2. The molecule has 0 saturated carbocycles. The Kier molecular flexibility index (Phi) is 11.1. The molecule has 3 aliphatic rings. The highest BCUT2D eigenvalue weighted by atomic mass is 19.1. The van der Waals surface area contributed by atoms with Crippen molar-refractivity contribution < 1.29 is 28.2 Å². The van der Waals surface area contributed by atoms with Crippen molar-refractivity contribution in [2.45, 2.75) is 97.4 Å². The molecule has 4 heterocycles. The van der Waals surface area contributed by atoms with E-state index in [-0.39, 0.29) is 35.6 Å². The summed E-state index contributed by atoms with van der Waals surface area (Å²) in [6.07, 6.45) is 4.10. The molecule has 1 aromatic heterocycles. The quantitative estimate of drug-likeness (QED) is 0.477. The average Bonchev–Trinajstić information content (AvgIpc) is 3.46. The molecule has 2 saturated heterocycles. The van der Waals surface area contributed by atoms with Gasteiger partial charge in [-0.15, -0.1) is 0 Å². The van der Waals surface area contributed by atoms with Crippen LogP contribution in [0.4, 0.5) is 20.2 Å². The number of carbonyl (C=O) groups is 2. The smallest absolute Gasteiger partial charge is 0.289 e. The van der Waals surface area contributed by atoms with Crippen molar-refractivity contribution in [2.75, 3.05) is 32.1 Å². The van der Waals surface area contributed by atoms with Crippen LogP contribution in [-0.2, 0) is 22.5 Å². The Balaban J connectivity index is 0.000000566. The van der Waals surface area contributed by atoms with Gasteiger partial charge >= 0.3 is 0 Å². The number of amides is 2. The van der Waals surface area contributed by atoms with Gasteiger partial charge in [-0.3, -0.25) is 14.4 Å². The number of hydrogen-bond acceptors (Lipinski definition) is 6. The third kappa shape index (κ3) is 7.44. The molecule has 0 radical (unpaired) electrons. The zero-order chi connectivity index (χ0) is 32.1. The Bertz CT molecular complexity index is 1360. The van der Waals surface area contributed by atoms with E-state index >= 15 is 4.39 Å². The summed E-state index contributed by atoms with van der Waals surface area (Å²) in [6, 6.07) is 3.96. The fourth-order valence-corrected chi connectivity index (χ4v) is 5.63. The SMILES string of the molecule is CC.COC(C)(C)C.Cc1ccc(Nc2c(C(=O)N3CC(O)(C4CCCCN4C=O)C3)c3n(c(=O)c2F)CCC3)c(F)c1. The molecular weight excluding hydrogens is 558 g/mol. The highest BCUT2D eigenvalue weighted by molar-refractivity contribution is 6.02. The number of anilines is 2. The summed E-state index contributed by atoms with van der Waals surface area (Å²) in [6.45, 7) is 12.6. The van der Waals surface area contributed by atoms with Crippen LogP contribution in [0, 0.1) is 18.6 Å². The van der Waals surface area contributed by atoms with Crippen molar-refractivity contribution in [1.82, 2.24) is 14.4 Å². The van der Waals surface area contributed by atoms with E-state index in [1.807, 2.05) is 34.6 Å². The second kappa shape index (κ2) is 14.0. The number of halogens is 2. The first-order valence-electron chi connectivity index (χ1n) is 15.1. The maximum absolute atomic E-state index is 15.3. The maximum atomic E-state index is 15.3. The zero-order valence-corrected chi connectivity index (χ0v) is 26.4. The summed E-state index contributed by atoms with van der Waals surface area (Å²) in [5.74, 6) is -2.31. The van der Waals surface area contributed by atoms with E-state index in [9.17, 15) is 23.9 Å². The van der Waals surface area contributed by atoms with Crippen molar-refractivity contribution in [3.05, 3.63) is 57.0 Å². The second-order valence-electron chi connectivity index (χ2n) is 12.1. The number of aliphatic hydroxyl groups is 1. The number of nitrogens with one attached hydrogen (secondary N) is 1. The molecule has 1 atom stereocenters. The number of piperidine rings is 1. The lowest BCUT2D eigenvalue weighted by atomic mass is 9.80. The van der Waals surface area contributed by atoms with Crippen LogP contribution in [0.3, 0.4) is 0 Å². The van der Waals surface area contributed by atoms with Gasteiger partial charge in [0.2, 0.25) is 12.2 Å². The lowest BCUT2D eigenvalue weighted by molar-refractivity contribution is -0.152. The zero-order valence-electron chi connectivity index (χ0n) is 26.4. The van der Waals surface area contributed by atoms with Gasteiger partial charge in [0, 0.05) is 25.9 Å². The summed E-state index contributed by atoms with van der Waals surface area (Å²) in [5, 5.41) is 13.8. The summed E-state index contributed by atoms with van der Waals surface area (Å²) >= 11 is 0. The number of β-amino-alcohol motifs (C(OH)–C–C–N with tert-alkyl or cyclic N) is 1. The van der Waals surface area contributed by atoms with Crippen LogP contribution < -0.4 is 10.9 Å². The minimum Gasteiger partial charge on any atom is -0.384 e. The predicted octanol–water partition coefficient (Wildman–Crippen LogP) is 4.78. The van der Waals surface area contributed by atoms with Gasteiger partial charge in [0.25, 0.3) is 11.5 Å². The number of aromatic nitrogens is 1. The fraction of sp³-hybridized carbons (Fsp3) is 0.594. The van der Waals surface area contributed by atoms with Gasteiger partial charge in [-0.25, -0.2) is 4.39 Å². The molecule has 9 nitrogen and oxygen atoms in total. The van der Waals surface area contributed by atoms with Crippen molar-refractivity contribution in [1.29, 1.82) is 0 Å². The van der Waals surface area contributed by atoms with E-state index in [1.165, 1.54) is 21.6 Å². The second-order valence-corrected chi connectivity index (χ2v) is 12.1. The first-order valence-corrected chi connectivity index (χ1v) is 15.1. The molecule has 2 amide bonds. The number of pyridine rings is 1. The fourth-order valence-electron chi connectivity index (χ4n) is 5.63. The molecular formula is C32H46F2N4O5. The lowest BCUT2D eigenvalue weighted by Gasteiger charge is -2.54. The van der Waals surface area contributed by atoms with Gasteiger partial charge in [-0.1, -0.05) is 19.9 Å². The number of hydrogen-bond donors (Lipinski definition) is 2. The van der Waals surface area contributed by atoms with E-state index in [1.54, 1.807) is 25.0 Å². The number of ether oxygens (including phenoxy) is 1. The topological polar surface area (TPSA) is 104 Å². The molecule has 0 aliphatic carbocycles. The number of aryl methyl sites for hydroxylation is 1. The van der Waals surface area contributed by atoms with Crippen LogP contribution in [0.15, 0.2) is 23.0 Å². The molecule has 43 heavy (non-hydrogen) atoms. The number of benzene rings is 1. The summed E-state index contributed by atoms with van der Waals surface area (Å²) in [4.78, 5) is 40.8. The molecule has 5 rings (SSSR count). The van der Waals surface area contributed by atoms with Gasteiger partial charge in [-0.2, -0.15) is 4.39 Å². The van der Waals surface area contributed by atoms with Gasteiger partial charge in [0.15, 0.2) is 0 Å². The Morgan fingerprint density at radius 3 is 2.37 bits per heavy atom. The van der Waals surface area contributed by atoms with E-state index in [0.29, 0.717) is 43.6 Å². The molecule has 0 spiro atoms. The average molecular weight is 605 g/mol. The van der Waals surface area contributed by atoms with Gasteiger partial charge in [0.05, 0.1) is 41.7 Å². The third-order valence-corrected chi connectivity index (χ3v) is 8.04. The van der Waals surface area contributed by atoms with Crippen LogP contribution in [0.25, 0.3) is 0 Å². The Morgan fingerprint density at radius 2 is 1.79 bits per heavy atom. The van der Waals surface area contributed by atoms with Crippen LogP contribution >= 0.6 is 0 Å². The molecule has 1 aromatic carbocycles. The number of likely N-dealkylation sites (tertiary alicyclic amines) is 2. The number of fused-ring (bicyclic) bond motifs is 1. The van der Waals surface area contributed by atoms with Crippen molar-refractivity contribution in [3.8, 4) is 0 Å². The molecule has 1 unspecified atom stereocenters. The van der Waals surface area contributed by atoms with Gasteiger partial charge in [-0.05, 0) is 77.5 Å². The highest BCUT2D eigenvalue weighted by Crippen LogP contribution is 2.37. The molecule has 2 aromatic rings. The number of rotatable bonds is 5. The largest absolute Gasteiger partial charge is 0.384 e. The molecule has 2 N–H and O–H groups in total. The molecule has 238 valence electrons. The monoisotopic (exact) mass is 604 g/mol. The first-order chi connectivity index (χ1) is 20.3. The summed E-state index contributed by atoms with van der Waals surface area (Å²) in [7, 11) is 1.71. The molecule has 11 heteroatoms. The Labute approximate surface area is 252 Å². The highest BCUT2D eigenvalue weighted by Gasteiger charge is 2.52. The Morgan fingerprint density at radius 1 is 1.14 bits per heavy atom. The first kappa shape index (κ1) is 34.2. The standard InChI is InChI=1S/C25H28F2N4O4.C5H12O.C2H6/c1-15-7-8-17(16(26)11-15)28-22-20(18-5-4-10-31(18)24(34)21(22)27)23(33)30-12-25(35,13-30)19-6-2-3-9-29(19)14-32;1-5(2,3)6-4;1-2/h7-8,11,14,19,28,35H,2-6,9-10,12-13H2,1H3;1-4H3;1-2H3. The third-order valence-electron chi connectivity index (χ3n) is 8.04. The minimum atomic E-state index is -1.25. The number of nitrogens with zero attached hydrogens (tertiary/aromatic N) is 3. The Hall–Kier alpha value is -3.31. The van der Waals surface area contributed by atoms with Crippen LogP contribution in [0.2, 0.25) is 0 Å². The van der Waals surface area contributed by atoms with E-state index in [2.05, 4.69) is 5.32 Å². The lowest BCUT2D eigenvalue weighted by Crippen LogP contribution is -2.72. The van der Waals surface area contributed by atoms with E-state index in [0.717, 1.165) is 19.3 Å². The minimum absolute atomic E-state index is 0.0145. The number of methoxy groups -OCH3 is 1. The molecule has 2 fully saturated rings. The molecule has 0 bridgehead atoms. The summed E-state index contributed by atoms with van der Waals surface area (Å²) < 4.78 is 36.1. The van der Waals surface area contributed by atoms with E-state index in [4.69, 9.17) is 4.74 Å². The van der Waals surface area contributed by atoms with Gasteiger partial charge < -0.3 is 29.5 Å². The summed E-state index contributed by atoms with van der Waals surface area (Å²) in [5.41, 5.74) is -1.40. The van der Waals surface area contributed by atoms with Crippen molar-refractivity contribution >= 4 is 23.7 Å². The van der Waals surface area contributed by atoms with Crippen LogP contribution in [0.1, 0.15) is 81.9 Å². The van der Waals surface area contributed by atoms with Crippen molar-refractivity contribution in [2.24, 2.45) is 0 Å².